The first kappa shape index (κ1) is 32.7. The second-order valence-corrected chi connectivity index (χ2v) is 11.2. The third-order valence-electron chi connectivity index (χ3n) is 7.31. The molecule has 0 amide bonds. The molecule has 0 bridgehead atoms. The molecular formula is C33H29KN4O6S. The molecule has 0 aliphatic heterocycles. The standard InChI is InChI=1S/C33H28N4O6S.K.H/c1-3-24-17-27-30(39)36(19-28(38)22-13-15-23(16-14-22)42-4-2)33(41)37(31(27)44-24)18-20-9-11-21(12-10-20)25-7-5-6-8-26(25)29-34-32(40)43-35-29;;/h5-17H,3-4,18-19H2,1-2H3,(H,34,35,40);;. The van der Waals surface area contributed by atoms with Crippen molar-refractivity contribution in [3.63, 3.8) is 0 Å². The molecule has 0 spiro atoms. The van der Waals surface area contributed by atoms with E-state index < -0.39 is 17.0 Å². The van der Waals surface area contributed by atoms with Gasteiger partial charge in [0.25, 0.3) is 5.56 Å². The molecule has 224 valence electrons. The van der Waals surface area contributed by atoms with Gasteiger partial charge in [-0.25, -0.2) is 9.59 Å². The summed E-state index contributed by atoms with van der Waals surface area (Å²) in [5.41, 5.74) is 2.62. The van der Waals surface area contributed by atoms with Gasteiger partial charge in [-0.15, -0.1) is 11.3 Å². The molecule has 45 heavy (non-hydrogen) atoms. The molecule has 0 radical (unpaired) electrons. The third-order valence-corrected chi connectivity index (χ3v) is 8.61. The van der Waals surface area contributed by atoms with E-state index in [1.54, 1.807) is 28.8 Å². The van der Waals surface area contributed by atoms with Gasteiger partial charge in [0, 0.05) is 16.0 Å². The summed E-state index contributed by atoms with van der Waals surface area (Å²) < 4.78 is 12.7. The topological polar surface area (TPSA) is 129 Å². The van der Waals surface area contributed by atoms with Gasteiger partial charge in [-0.1, -0.05) is 60.6 Å². The summed E-state index contributed by atoms with van der Waals surface area (Å²) in [6.07, 6.45) is 0.711. The van der Waals surface area contributed by atoms with Gasteiger partial charge in [0.2, 0.25) is 0 Å². The number of ether oxygens (including phenoxy) is 1. The van der Waals surface area contributed by atoms with Crippen LogP contribution in [0.4, 0.5) is 0 Å². The number of hydrogen-bond acceptors (Lipinski definition) is 8. The zero-order valence-corrected chi connectivity index (χ0v) is 24.8. The normalized spacial score (nSPS) is 11.0. The number of aryl methyl sites for hydroxylation is 1. The fraction of sp³-hybridized carbons (Fsp3) is 0.182. The number of carbonyl (C=O) groups is 1. The Hall–Kier alpha value is -3.65. The number of ketones is 1. The number of thiophene rings is 1. The Balaban J connectivity index is 0.00000400. The molecule has 12 heteroatoms. The Kier molecular flexibility index (Phi) is 10.3. The van der Waals surface area contributed by atoms with E-state index in [-0.39, 0.29) is 70.3 Å². The predicted octanol–water partition coefficient (Wildman–Crippen LogP) is 4.48. The van der Waals surface area contributed by atoms with Gasteiger partial charge in [0.05, 0.1) is 25.1 Å². The van der Waals surface area contributed by atoms with Crippen molar-refractivity contribution in [1.29, 1.82) is 0 Å². The first-order valence-electron chi connectivity index (χ1n) is 14.1. The molecule has 0 aliphatic carbocycles. The Morgan fingerprint density at radius 2 is 1.64 bits per heavy atom. The van der Waals surface area contributed by atoms with E-state index >= 15 is 0 Å². The molecule has 1 N–H and O–H groups in total. The molecule has 0 saturated carbocycles. The maximum atomic E-state index is 13.8. The van der Waals surface area contributed by atoms with E-state index in [2.05, 4.69) is 14.7 Å². The average molecular weight is 649 g/mol. The fourth-order valence-electron chi connectivity index (χ4n) is 5.10. The molecule has 0 unspecified atom stereocenters. The van der Waals surface area contributed by atoms with Crippen molar-refractivity contribution in [1.82, 2.24) is 19.3 Å². The van der Waals surface area contributed by atoms with E-state index in [0.29, 0.717) is 45.9 Å². The van der Waals surface area contributed by atoms with Crippen LogP contribution >= 0.6 is 11.3 Å². The predicted molar refractivity (Wildman–Crippen MR) is 176 cm³/mol. The van der Waals surface area contributed by atoms with Crippen molar-refractivity contribution in [2.24, 2.45) is 0 Å². The number of H-pyrrole nitrogens is 1. The van der Waals surface area contributed by atoms with Crippen molar-refractivity contribution in [3.05, 3.63) is 126 Å². The molecule has 10 nitrogen and oxygen atoms in total. The number of nitrogens with zero attached hydrogens (tertiary/aromatic N) is 3. The molecule has 0 aliphatic rings. The summed E-state index contributed by atoms with van der Waals surface area (Å²) in [5, 5.41) is 4.24. The molecular weight excluding hydrogens is 620 g/mol. The third kappa shape index (κ3) is 6.81. The SMILES string of the molecule is CCOc1ccc(C(=O)Cn2c(=O)c3cc(CC)sc3n(Cc3ccc(-c4ccccc4-c4noc(=O)[nH]4)cc3)c2=O)cc1.[KH]. The Morgan fingerprint density at radius 3 is 2.29 bits per heavy atom. The summed E-state index contributed by atoms with van der Waals surface area (Å²) in [5.74, 6) is -0.0159. The molecule has 3 heterocycles. The van der Waals surface area contributed by atoms with Gasteiger partial charge in [-0.3, -0.25) is 28.2 Å². The van der Waals surface area contributed by atoms with E-state index in [9.17, 15) is 19.2 Å². The maximum absolute atomic E-state index is 13.8. The van der Waals surface area contributed by atoms with Crippen LogP contribution in [0.3, 0.4) is 0 Å². The number of carbonyl (C=O) groups excluding carboxylic acids is 1. The van der Waals surface area contributed by atoms with Crippen molar-refractivity contribution >= 4 is 78.7 Å². The molecule has 0 saturated heterocycles. The molecule has 0 atom stereocenters. The van der Waals surface area contributed by atoms with E-state index in [4.69, 9.17) is 4.74 Å². The number of Topliss-reactive ketones (excluding diaryl/α,β-unsaturated/α-hetero) is 1. The summed E-state index contributed by atoms with van der Waals surface area (Å²) >= 11 is 1.41. The van der Waals surface area contributed by atoms with Crippen LogP contribution in [-0.4, -0.2) is 83.0 Å². The Labute approximate surface area is 303 Å². The zero-order valence-electron chi connectivity index (χ0n) is 24.0. The van der Waals surface area contributed by atoms with Gasteiger partial charge in [0.15, 0.2) is 11.6 Å². The van der Waals surface area contributed by atoms with Crippen LogP contribution in [0.2, 0.25) is 0 Å². The summed E-state index contributed by atoms with van der Waals surface area (Å²) in [7, 11) is 0. The van der Waals surface area contributed by atoms with Gasteiger partial charge in [-0.2, -0.15) is 0 Å². The zero-order chi connectivity index (χ0) is 30.8. The number of hydrogen-bond donors (Lipinski definition) is 1. The second kappa shape index (κ2) is 14.2. The molecule has 0 fully saturated rings. The number of nitrogens with one attached hydrogen (secondary N) is 1. The number of rotatable bonds is 10. The number of aromatic nitrogens is 4. The van der Waals surface area contributed by atoms with Crippen molar-refractivity contribution in [2.75, 3.05) is 6.61 Å². The molecule has 3 aromatic heterocycles. The molecule has 6 rings (SSSR count). The summed E-state index contributed by atoms with van der Waals surface area (Å²) in [4.78, 5) is 56.2. The van der Waals surface area contributed by atoms with Crippen molar-refractivity contribution in [3.8, 4) is 28.3 Å². The van der Waals surface area contributed by atoms with Crippen LogP contribution in [0.1, 0.15) is 34.6 Å². The Morgan fingerprint density at radius 1 is 0.933 bits per heavy atom. The Bertz CT molecular complexity index is 2160. The van der Waals surface area contributed by atoms with E-state index in [0.717, 1.165) is 26.1 Å². The van der Waals surface area contributed by atoms with Gasteiger partial charge in [0.1, 0.15) is 10.6 Å². The van der Waals surface area contributed by atoms with Gasteiger partial charge >= 0.3 is 62.8 Å². The minimum atomic E-state index is -0.635. The number of benzene rings is 3. The van der Waals surface area contributed by atoms with Gasteiger partial charge in [-0.05, 0) is 60.4 Å². The van der Waals surface area contributed by atoms with E-state index in [1.807, 2.05) is 68.4 Å². The van der Waals surface area contributed by atoms with Crippen LogP contribution in [0.5, 0.6) is 5.75 Å². The quantitative estimate of drug-likeness (QED) is 0.171. The van der Waals surface area contributed by atoms with Crippen LogP contribution in [0.15, 0.2) is 97.8 Å². The minimum absolute atomic E-state index is 0. The van der Waals surface area contributed by atoms with Crippen LogP contribution in [0.25, 0.3) is 32.7 Å². The monoisotopic (exact) mass is 648 g/mol. The van der Waals surface area contributed by atoms with Crippen LogP contribution in [-0.2, 0) is 19.5 Å². The molecule has 3 aromatic carbocycles. The first-order chi connectivity index (χ1) is 21.4. The fourth-order valence-corrected chi connectivity index (χ4v) is 6.18. The average Bonchev–Trinajstić information content (AvgIpc) is 3.69. The van der Waals surface area contributed by atoms with Crippen molar-refractivity contribution < 1.29 is 14.1 Å². The van der Waals surface area contributed by atoms with E-state index in [1.165, 1.54) is 11.3 Å². The van der Waals surface area contributed by atoms with Crippen molar-refractivity contribution in [2.45, 2.75) is 33.4 Å². The van der Waals surface area contributed by atoms with Crippen LogP contribution < -0.4 is 21.7 Å². The summed E-state index contributed by atoms with van der Waals surface area (Å²) in [6.45, 7) is 4.20. The van der Waals surface area contributed by atoms with Crippen LogP contribution in [0, 0.1) is 0 Å². The number of fused-ring (bicyclic) bond motifs is 1. The number of aromatic amines is 1. The first-order valence-corrected chi connectivity index (χ1v) is 14.9. The molecule has 6 aromatic rings. The summed E-state index contributed by atoms with van der Waals surface area (Å²) in [6, 6.07) is 23.6. The second-order valence-electron chi connectivity index (χ2n) is 10.1. The van der Waals surface area contributed by atoms with Gasteiger partial charge < -0.3 is 4.74 Å².